The molecule has 0 aromatic heterocycles. The van der Waals surface area contributed by atoms with Crippen LogP contribution in [0.25, 0.3) is 0 Å². The standard InChI is InChI=1S/C27H44O3/c1-17(6-11-25-24(29)16-30-25)21-9-10-23-20-8-7-18-15-19(28)12-14-26(18,2)22(20)5-4-13-27(21,23)3/h4,13,17-25,28-29H,5-12,14-16H2,1-3H3/t17-,18-,19-,20-,21-,22+,23+,24?,25?,26+,27?/m1/s1. The first kappa shape index (κ1) is 21.5. The summed E-state index contributed by atoms with van der Waals surface area (Å²) in [7, 11) is 0. The fraction of sp³-hybridized carbons (Fsp3) is 0.926. The number of ether oxygens (including phenoxy) is 1. The van der Waals surface area contributed by atoms with Crippen LogP contribution in [0.5, 0.6) is 0 Å². The predicted octanol–water partition coefficient (Wildman–Crippen LogP) is 5.35. The van der Waals surface area contributed by atoms with Crippen molar-refractivity contribution < 1.29 is 14.9 Å². The molecule has 3 heteroatoms. The Morgan fingerprint density at radius 2 is 1.90 bits per heavy atom. The van der Waals surface area contributed by atoms with Crippen molar-refractivity contribution in [1.82, 2.24) is 0 Å². The summed E-state index contributed by atoms with van der Waals surface area (Å²) >= 11 is 0. The van der Waals surface area contributed by atoms with E-state index in [1.165, 1.54) is 44.9 Å². The number of fused-ring (bicyclic) bond motifs is 5. The van der Waals surface area contributed by atoms with Crippen LogP contribution in [-0.4, -0.2) is 35.1 Å². The van der Waals surface area contributed by atoms with E-state index >= 15 is 0 Å². The van der Waals surface area contributed by atoms with Gasteiger partial charge in [-0.05, 0) is 111 Å². The lowest BCUT2D eigenvalue weighted by molar-refractivity contribution is -0.166. The zero-order valence-electron chi connectivity index (χ0n) is 19.4. The van der Waals surface area contributed by atoms with Crippen LogP contribution in [0.4, 0.5) is 0 Å². The Kier molecular flexibility index (Phi) is 5.64. The Labute approximate surface area is 183 Å². The Morgan fingerprint density at radius 1 is 1.07 bits per heavy atom. The summed E-state index contributed by atoms with van der Waals surface area (Å²) in [6, 6.07) is 0. The van der Waals surface area contributed by atoms with Crippen molar-refractivity contribution in [2.45, 2.75) is 103 Å². The Morgan fingerprint density at radius 3 is 2.63 bits per heavy atom. The summed E-state index contributed by atoms with van der Waals surface area (Å²) in [5, 5.41) is 20.2. The summed E-state index contributed by atoms with van der Waals surface area (Å²) in [6.45, 7) is 8.15. The number of aliphatic hydroxyl groups is 2. The molecule has 5 aliphatic rings. The number of allylic oxidation sites excluding steroid dienone is 2. The predicted molar refractivity (Wildman–Crippen MR) is 120 cm³/mol. The van der Waals surface area contributed by atoms with E-state index in [4.69, 9.17) is 4.74 Å². The molecule has 11 atom stereocenters. The van der Waals surface area contributed by atoms with Crippen LogP contribution in [0.2, 0.25) is 0 Å². The first-order valence-corrected chi connectivity index (χ1v) is 13.0. The molecule has 170 valence electrons. The summed E-state index contributed by atoms with van der Waals surface area (Å²) < 4.78 is 5.57. The van der Waals surface area contributed by atoms with Crippen molar-refractivity contribution in [3.63, 3.8) is 0 Å². The van der Waals surface area contributed by atoms with Gasteiger partial charge >= 0.3 is 0 Å². The summed E-state index contributed by atoms with van der Waals surface area (Å²) in [6.07, 6.45) is 17.2. The van der Waals surface area contributed by atoms with Crippen LogP contribution in [0.1, 0.15) is 85.0 Å². The van der Waals surface area contributed by atoms with E-state index in [1.54, 1.807) is 0 Å². The fourth-order valence-electron chi connectivity index (χ4n) is 9.11. The average Bonchev–Trinajstić information content (AvgIpc) is 2.97. The van der Waals surface area contributed by atoms with Gasteiger partial charge < -0.3 is 14.9 Å². The molecule has 2 N–H and O–H groups in total. The van der Waals surface area contributed by atoms with E-state index < -0.39 is 0 Å². The number of aliphatic hydroxyl groups excluding tert-OH is 2. The molecular weight excluding hydrogens is 372 g/mol. The molecule has 0 aromatic rings. The van der Waals surface area contributed by atoms with Gasteiger partial charge in [0.1, 0.15) is 6.10 Å². The van der Waals surface area contributed by atoms with Crippen molar-refractivity contribution in [2.24, 2.45) is 46.3 Å². The minimum absolute atomic E-state index is 0.0545. The second-order valence-electron chi connectivity index (χ2n) is 12.3. The largest absolute Gasteiger partial charge is 0.393 e. The molecule has 0 spiro atoms. The molecule has 0 radical (unpaired) electrons. The lowest BCUT2D eigenvalue weighted by atomic mass is 9.49. The molecule has 3 saturated carbocycles. The molecule has 3 nitrogen and oxygen atoms in total. The van der Waals surface area contributed by atoms with Crippen molar-refractivity contribution in [3.05, 3.63) is 12.2 Å². The number of hydrogen-bond acceptors (Lipinski definition) is 3. The number of rotatable bonds is 4. The molecule has 1 aliphatic heterocycles. The van der Waals surface area contributed by atoms with Gasteiger partial charge in [0.05, 0.1) is 18.8 Å². The van der Waals surface area contributed by atoms with E-state index in [-0.39, 0.29) is 18.3 Å². The van der Waals surface area contributed by atoms with Gasteiger partial charge in [0.15, 0.2) is 0 Å². The van der Waals surface area contributed by atoms with Crippen LogP contribution in [0.15, 0.2) is 12.2 Å². The zero-order chi connectivity index (χ0) is 21.1. The second kappa shape index (κ2) is 7.89. The lowest BCUT2D eigenvalue weighted by Crippen LogP contribution is -2.50. The van der Waals surface area contributed by atoms with Crippen LogP contribution in [0.3, 0.4) is 0 Å². The van der Waals surface area contributed by atoms with E-state index in [0.717, 1.165) is 48.9 Å². The number of hydrogen-bond donors (Lipinski definition) is 2. The Hall–Kier alpha value is -0.380. The third-order valence-electron chi connectivity index (χ3n) is 11.0. The molecule has 4 fully saturated rings. The highest BCUT2D eigenvalue weighted by molar-refractivity contribution is 5.16. The van der Waals surface area contributed by atoms with Gasteiger partial charge in [0, 0.05) is 0 Å². The quantitative estimate of drug-likeness (QED) is 0.608. The van der Waals surface area contributed by atoms with Crippen molar-refractivity contribution >= 4 is 0 Å². The monoisotopic (exact) mass is 416 g/mol. The zero-order valence-corrected chi connectivity index (χ0v) is 19.4. The first-order chi connectivity index (χ1) is 14.3. The average molecular weight is 417 g/mol. The van der Waals surface area contributed by atoms with Crippen molar-refractivity contribution in [3.8, 4) is 0 Å². The molecule has 1 saturated heterocycles. The third kappa shape index (κ3) is 3.33. The molecule has 4 aliphatic carbocycles. The molecule has 3 unspecified atom stereocenters. The van der Waals surface area contributed by atoms with Crippen LogP contribution in [0, 0.1) is 46.3 Å². The van der Waals surface area contributed by atoms with E-state index in [0.29, 0.717) is 23.4 Å². The third-order valence-corrected chi connectivity index (χ3v) is 11.0. The van der Waals surface area contributed by atoms with Gasteiger partial charge in [-0.15, -0.1) is 0 Å². The normalized spacial score (nSPS) is 53.8. The summed E-state index contributed by atoms with van der Waals surface area (Å²) in [4.78, 5) is 0. The van der Waals surface area contributed by atoms with Crippen LogP contribution >= 0.6 is 0 Å². The van der Waals surface area contributed by atoms with Gasteiger partial charge in [0.25, 0.3) is 0 Å². The molecule has 5 rings (SSSR count). The molecule has 0 amide bonds. The Balaban J connectivity index is 1.32. The van der Waals surface area contributed by atoms with Gasteiger partial charge in [-0.1, -0.05) is 32.9 Å². The second-order valence-corrected chi connectivity index (χ2v) is 12.3. The Bertz CT molecular complexity index is 660. The minimum Gasteiger partial charge on any atom is -0.393 e. The lowest BCUT2D eigenvalue weighted by Gasteiger charge is -2.56. The highest BCUT2D eigenvalue weighted by atomic mass is 16.5. The highest BCUT2D eigenvalue weighted by Crippen LogP contribution is 2.65. The van der Waals surface area contributed by atoms with Gasteiger partial charge in [-0.2, -0.15) is 0 Å². The van der Waals surface area contributed by atoms with Crippen molar-refractivity contribution in [2.75, 3.05) is 6.61 Å². The summed E-state index contributed by atoms with van der Waals surface area (Å²) in [5.41, 5.74) is 0.758. The SMILES string of the molecule is C[C@H](CCC1OCC1O)[C@H]1CC[C@H]2[C@@H]3CC[C@@H]4C[C@H](O)CC[C@]4(C)[C@H]3CC=CC12C. The summed E-state index contributed by atoms with van der Waals surface area (Å²) in [5.74, 6) is 4.66. The molecule has 0 aromatic carbocycles. The topological polar surface area (TPSA) is 49.7 Å². The first-order valence-electron chi connectivity index (χ1n) is 13.0. The van der Waals surface area contributed by atoms with Crippen LogP contribution < -0.4 is 0 Å². The molecule has 0 bridgehead atoms. The molecule has 1 heterocycles. The van der Waals surface area contributed by atoms with Gasteiger partial charge in [-0.3, -0.25) is 0 Å². The van der Waals surface area contributed by atoms with E-state index in [1.807, 2.05) is 0 Å². The maximum atomic E-state index is 10.3. The van der Waals surface area contributed by atoms with E-state index in [2.05, 4.69) is 32.9 Å². The van der Waals surface area contributed by atoms with Gasteiger partial charge in [-0.25, -0.2) is 0 Å². The highest BCUT2D eigenvalue weighted by Gasteiger charge is 2.57. The van der Waals surface area contributed by atoms with E-state index in [9.17, 15) is 10.2 Å². The minimum atomic E-state index is -0.229. The van der Waals surface area contributed by atoms with Gasteiger partial charge in [0.2, 0.25) is 0 Å². The smallest absolute Gasteiger partial charge is 0.103 e. The van der Waals surface area contributed by atoms with Crippen LogP contribution in [-0.2, 0) is 4.74 Å². The van der Waals surface area contributed by atoms with Crippen molar-refractivity contribution in [1.29, 1.82) is 0 Å². The maximum absolute atomic E-state index is 10.3. The molecule has 30 heavy (non-hydrogen) atoms. The fourth-order valence-corrected chi connectivity index (χ4v) is 9.11. The molecular formula is C27H44O3. The maximum Gasteiger partial charge on any atom is 0.103 e.